The lowest BCUT2D eigenvalue weighted by Crippen LogP contribution is -2.35. The van der Waals surface area contributed by atoms with Crippen molar-refractivity contribution in [3.05, 3.63) is 52.3 Å². The number of fused-ring (bicyclic) bond motifs is 2. The Morgan fingerprint density at radius 3 is 2.69 bits per heavy atom. The van der Waals surface area contributed by atoms with Crippen molar-refractivity contribution in [3.63, 3.8) is 0 Å². The van der Waals surface area contributed by atoms with Crippen molar-refractivity contribution in [1.82, 2.24) is 15.0 Å². The highest BCUT2D eigenvalue weighted by molar-refractivity contribution is 7.21. The van der Waals surface area contributed by atoms with Crippen LogP contribution in [0.2, 0.25) is 0 Å². The summed E-state index contributed by atoms with van der Waals surface area (Å²) in [4.78, 5) is 15.8. The van der Waals surface area contributed by atoms with Gasteiger partial charge < -0.3 is 25.2 Å². The van der Waals surface area contributed by atoms with Gasteiger partial charge in [0.1, 0.15) is 16.9 Å². The molecule has 2 aliphatic rings. The zero-order valence-electron chi connectivity index (χ0n) is 20.4. The quantitative estimate of drug-likeness (QED) is 0.309. The Labute approximate surface area is 217 Å². The summed E-state index contributed by atoms with van der Waals surface area (Å²) in [6.45, 7) is 6.55. The number of thiophene rings is 1. The van der Waals surface area contributed by atoms with Gasteiger partial charge in [0.15, 0.2) is 5.79 Å². The molecule has 4 atom stereocenters. The number of anilines is 2. The molecule has 4 heterocycles. The number of ether oxygens (including phenoxy) is 2. The molecule has 3 aromatic heterocycles. The van der Waals surface area contributed by atoms with Gasteiger partial charge in [-0.05, 0) is 50.8 Å². The number of hydrogen-bond donors (Lipinski definition) is 3. The van der Waals surface area contributed by atoms with Gasteiger partial charge in [-0.1, -0.05) is 18.2 Å². The van der Waals surface area contributed by atoms with Gasteiger partial charge in [-0.2, -0.15) is 4.98 Å². The number of benzene rings is 1. The van der Waals surface area contributed by atoms with E-state index >= 15 is 0 Å². The van der Waals surface area contributed by atoms with Gasteiger partial charge in [0, 0.05) is 17.4 Å². The first-order valence-electron chi connectivity index (χ1n) is 12.1. The van der Waals surface area contributed by atoms with Crippen LogP contribution >= 0.6 is 22.7 Å². The SMILES string of the molecule is Cc1nc(NCc2cccs2)nc(NC2C[C@H](CO)[C@H]3OC(C)(C)O[C@@H]23)c1-c1nc2ccccc2s1. The molecule has 3 N–H and O–H groups in total. The molecular weight excluding hydrogens is 494 g/mol. The Bertz CT molecular complexity index is 1340. The van der Waals surface area contributed by atoms with E-state index in [1.54, 1.807) is 22.7 Å². The van der Waals surface area contributed by atoms with Crippen LogP contribution in [-0.2, 0) is 16.0 Å². The highest BCUT2D eigenvalue weighted by Crippen LogP contribution is 2.44. The van der Waals surface area contributed by atoms with Crippen LogP contribution in [0.15, 0.2) is 41.8 Å². The minimum atomic E-state index is -0.687. The molecule has 4 aromatic rings. The normalized spacial score (nSPS) is 24.8. The van der Waals surface area contributed by atoms with Crippen molar-refractivity contribution in [2.75, 3.05) is 17.2 Å². The van der Waals surface area contributed by atoms with Gasteiger partial charge in [0.25, 0.3) is 0 Å². The van der Waals surface area contributed by atoms with E-state index < -0.39 is 5.79 Å². The summed E-state index contributed by atoms with van der Waals surface area (Å²) in [6.07, 6.45) is 0.383. The second kappa shape index (κ2) is 9.35. The predicted molar refractivity (Wildman–Crippen MR) is 143 cm³/mol. The lowest BCUT2D eigenvalue weighted by atomic mass is 10.1. The van der Waals surface area contributed by atoms with Gasteiger partial charge in [0.2, 0.25) is 5.95 Å². The van der Waals surface area contributed by atoms with Crippen LogP contribution in [-0.4, -0.2) is 50.7 Å². The molecule has 1 aromatic carbocycles. The smallest absolute Gasteiger partial charge is 0.225 e. The summed E-state index contributed by atoms with van der Waals surface area (Å²) < 4.78 is 13.5. The average molecular weight is 524 g/mol. The van der Waals surface area contributed by atoms with Crippen LogP contribution < -0.4 is 10.6 Å². The molecule has 10 heteroatoms. The number of aliphatic hydroxyl groups excluding tert-OH is 1. The first kappa shape index (κ1) is 23.7. The highest BCUT2D eigenvalue weighted by atomic mass is 32.1. The molecule has 1 aliphatic carbocycles. The minimum absolute atomic E-state index is 0.000431. The van der Waals surface area contributed by atoms with Crippen LogP contribution in [0.4, 0.5) is 11.8 Å². The molecule has 0 radical (unpaired) electrons. The summed E-state index contributed by atoms with van der Waals surface area (Å²) in [5.74, 6) is 0.587. The van der Waals surface area contributed by atoms with Crippen molar-refractivity contribution in [2.45, 2.75) is 57.8 Å². The molecule has 0 spiro atoms. The summed E-state index contributed by atoms with van der Waals surface area (Å²) in [7, 11) is 0. The fraction of sp³-hybridized carbons (Fsp3) is 0.423. The summed E-state index contributed by atoms with van der Waals surface area (Å²) in [5, 5.41) is 20.0. The number of hydrogen-bond acceptors (Lipinski definition) is 10. The maximum atomic E-state index is 10.0. The molecule has 1 saturated heterocycles. The number of aromatic nitrogens is 3. The van der Waals surface area contributed by atoms with Gasteiger partial charge >= 0.3 is 0 Å². The minimum Gasteiger partial charge on any atom is -0.396 e. The Balaban J connectivity index is 1.37. The largest absolute Gasteiger partial charge is 0.396 e. The molecule has 1 saturated carbocycles. The van der Waals surface area contributed by atoms with Gasteiger partial charge in [-0.25, -0.2) is 9.97 Å². The van der Waals surface area contributed by atoms with E-state index in [4.69, 9.17) is 24.4 Å². The lowest BCUT2D eigenvalue weighted by Gasteiger charge is -2.25. The molecule has 6 rings (SSSR count). The molecule has 188 valence electrons. The molecule has 1 unspecified atom stereocenters. The van der Waals surface area contributed by atoms with Crippen LogP contribution in [0, 0.1) is 12.8 Å². The molecule has 0 bridgehead atoms. The number of para-hydroxylation sites is 1. The Hall–Kier alpha value is -2.63. The second-order valence-corrected chi connectivity index (χ2v) is 11.8. The van der Waals surface area contributed by atoms with Crippen molar-refractivity contribution < 1.29 is 14.6 Å². The third kappa shape index (κ3) is 4.48. The summed E-state index contributed by atoms with van der Waals surface area (Å²) in [5.41, 5.74) is 2.69. The van der Waals surface area contributed by atoms with Gasteiger partial charge in [-0.3, -0.25) is 0 Å². The van der Waals surface area contributed by atoms with Crippen molar-refractivity contribution in [1.29, 1.82) is 0 Å². The summed E-state index contributed by atoms with van der Waals surface area (Å²) in [6, 6.07) is 12.2. The van der Waals surface area contributed by atoms with E-state index in [1.165, 1.54) is 4.88 Å². The number of rotatable bonds is 7. The number of nitrogens with one attached hydrogen (secondary N) is 2. The third-order valence-corrected chi connectivity index (χ3v) is 8.67. The summed E-state index contributed by atoms with van der Waals surface area (Å²) >= 11 is 3.33. The second-order valence-electron chi connectivity index (χ2n) is 9.77. The third-order valence-electron chi connectivity index (χ3n) is 6.74. The molecular formula is C26H29N5O3S2. The van der Waals surface area contributed by atoms with Crippen molar-refractivity contribution in [3.8, 4) is 10.6 Å². The maximum Gasteiger partial charge on any atom is 0.225 e. The molecule has 2 fully saturated rings. The predicted octanol–water partition coefficient (Wildman–Crippen LogP) is 5.05. The topological polar surface area (TPSA) is 101 Å². The Morgan fingerprint density at radius 1 is 1.08 bits per heavy atom. The van der Waals surface area contributed by atoms with Crippen LogP contribution in [0.5, 0.6) is 0 Å². The number of nitrogens with zero attached hydrogens (tertiary/aromatic N) is 3. The standard InChI is InChI=1S/C26H29N5O3S2/c1-14-20(24-30-17-8-4-5-9-19(17)36-24)23(31-25(28-14)27-12-16-7-6-10-35-16)29-18-11-15(13-32)21-22(18)34-26(2,3)33-21/h4-10,15,18,21-22,32H,11-13H2,1-3H3,(H2,27,28,29,31)/t15-,18?,21-,22+/m1/s1. The number of thiazole rings is 1. The van der Waals surface area contributed by atoms with Crippen molar-refractivity contribution in [2.24, 2.45) is 5.92 Å². The average Bonchev–Trinajstić information content (AvgIpc) is 3.62. The van der Waals surface area contributed by atoms with E-state index in [0.717, 1.165) is 32.9 Å². The van der Waals surface area contributed by atoms with Crippen LogP contribution in [0.1, 0.15) is 30.8 Å². The van der Waals surface area contributed by atoms with Crippen LogP contribution in [0.25, 0.3) is 20.8 Å². The Morgan fingerprint density at radius 2 is 1.92 bits per heavy atom. The maximum absolute atomic E-state index is 10.0. The van der Waals surface area contributed by atoms with E-state index in [-0.39, 0.29) is 30.8 Å². The first-order valence-corrected chi connectivity index (χ1v) is 13.8. The number of aryl methyl sites for hydroxylation is 1. The fourth-order valence-electron chi connectivity index (χ4n) is 5.15. The van der Waals surface area contributed by atoms with E-state index in [2.05, 4.69) is 28.1 Å². The fourth-order valence-corrected chi connectivity index (χ4v) is 6.86. The van der Waals surface area contributed by atoms with E-state index in [1.807, 2.05) is 45.0 Å². The van der Waals surface area contributed by atoms with Crippen molar-refractivity contribution >= 4 is 44.7 Å². The first-order chi connectivity index (χ1) is 17.4. The van der Waals surface area contributed by atoms with Gasteiger partial charge in [-0.15, -0.1) is 22.7 Å². The van der Waals surface area contributed by atoms with E-state index in [0.29, 0.717) is 18.3 Å². The molecule has 0 amide bonds. The van der Waals surface area contributed by atoms with Gasteiger partial charge in [0.05, 0.1) is 40.2 Å². The Kier molecular flexibility index (Phi) is 6.17. The molecule has 8 nitrogen and oxygen atoms in total. The monoisotopic (exact) mass is 523 g/mol. The molecule has 1 aliphatic heterocycles. The van der Waals surface area contributed by atoms with E-state index in [9.17, 15) is 5.11 Å². The molecule has 36 heavy (non-hydrogen) atoms. The zero-order valence-corrected chi connectivity index (χ0v) is 22.0. The zero-order chi connectivity index (χ0) is 24.9. The number of aliphatic hydroxyl groups is 1. The lowest BCUT2D eigenvalue weighted by molar-refractivity contribution is -0.158. The highest BCUT2D eigenvalue weighted by Gasteiger charge is 2.54. The van der Waals surface area contributed by atoms with Crippen LogP contribution in [0.3, 0.4) is 0 Å².